The predicted molar refractivity (Wildman–Crippen MR) is 97.7 cm³/mol. The van der Waals surface area contributed by atoms with Crippen LogP contribution in [0.4, 0.5) is 11.4 Å². The SMILES string of the molecule is COc1ccc(N[C@@H](C)C(=O)Nc2ccc(Cl)cc2Cl)c(OC)c1. The average Bonchev–Trinajstić information content (AvgIpc) is 2.57. The molecule has 0 heterocycles. The Bertz CT molecular complexity index is 738. The van der Waals surface area contributed by atoms with Crippen molar-refractivity contribution in [3.05, 3.63) is 46.4 Å². The van der Waals surface area contributed by atoms with Gasteiger partial charge in [-0.3, -0.25) is 4.79 Å². The van der Waals surface area contributed by atoms with E-state index in [0.717, 1.165) is 0 Å². The van der Waals surface area contributed by atoms with E-state index in [1.807, 2.05) is 0 Å². The monoisotopic (exact) mass is 368 g/mol. The van der Waals surface area contributed by atoms with Gasteiger partial charge < -0.3 is 20.1 Å². The van der Waals surface area contributed by atoms with Gasteiger partial charge in [0.25, 0.3) is 0 Å². The summed E-state index contributed by atoms with van der Waals surface area (Å²) >= 11 is 11.9. The summed E-state index contributed by atoms with van der Waals surface area (Å²) in [6, 6.07) is 9.69. The average molecular weight is 369 g/mol. The van der Waals surface area contributed by atoms with Crippen molar-refractivity contribution in [2.45, 2.75) is 13.0 Å². The maximum atomic E-state index is 12.3. The molecule has 0 fully saturated rings. The van der Waals surface area contributed by atoms with E-state index in [1.165, 1.54) is 0 Å². The van der Waals surface area contributed by atoms with E-state index < -0.39 is 6.04 Å². The first-order valence-corrected chi connectivity index (χ1v) is 7.94. The normalized spacial score (nSPS) is 11.5. The largest absolute Gasteiger partial charge is 0.497 e. The second kappa shape index (κ2) is 8.13. The van der Waals surface area contributed by atoms with Crippen LogP contribution in [0.3, 0.4) is 0 Å². The number of hydrogen-bond donors (Lipinski definition) is 2. The van der Waals surface area contributed by atoms with Crippen LogP contribution in [0.2, 0.25) is 10.0 Å². The molecule has 0 aliphatic heterocycles. The van der Waals surface area contributed by atoms with Gasteiger partial charge in [0.1, 0.15) is 17.5 Å². The lowest BCUT2D eigenvalue weighted by molar-refractivity contribution is -0.116. The third-order valence-electron chi connectivity index (χ3n) is 3.36. The highest BCUT2D eigenvalue weighted by Crippen LogP contribution is 2.30. The number of ether oxygens (including phenoxy) is 2. The van der Waals surface area contributed by atoms with Gasteiger partial charge in [-0.05, 0) is 37.3 Å². The van der Waals surface area contributed by atoms with Crippen molar-refractivity contribution in [3.63, 3.8) is 0 Å². The number of amides is 1. The lowest BCUT2D eigenvalue weighted by Gasteiger charge is -2.18. The van der Waals surface area contributed by atoms with Crippen LogP contribution in [-0.4, -0.2) is 26.2 Å². The maximum Gasteiger partial charge on any atom is 0.246 e. The molecule has 0 aliphatic rings. The van der Waals surface area contributed by atoms with E-state index in [-0.39, 0.29) is 5.91 Å². The minimum atomic E-state index is -0.515. The van der Waals surface area contributed by atoms with Crippen LogP contribution < -0.4 is 20.1 Å². The molecule has 128 valence electrons. The first-order valence-electron chi connectivity index (χ1n) is 7.19. The van der Waals surface area contributed by atoms with E-state index in [9.17, 15) is 4.79 Å². The molecule has 1 amide bonds. The highest BCUT2D eigenvalue weighted by Gasteiger charge is 2.16. The minimum Gasteiger partial charge on any atom is -0.497 e. The molecular weight excluding hydrogens is 351 g/mol. The summed E-state index contributed by atoms with van der Waals surface area (Å²) in [5.41, 5.74) is 1.18. The van der Waals surface area contributed by atoms with Crippen LogP contribution in [0.5, 0.6) is 11.5 Å². The Morgan fingerprint density at radius 1 is 1.04 bits per heavy atom. The van der Waals surface area contributed by atoms with Gasteiger partial charge in [0, 0.05) is 11.1 Å². The fraction of sp³-hybridized carbons (Fsp3) is 0.235. The molecule has 0 unspecified atom stereocenters. The molecule has 5 nitrogen and oxygen atoms in total. The van der Waals surface area contributed by atoms with Gasteiger partial charge in [-0.15, -0.1) is 0 Å². The van der Waals surface area contributed by atoms with Crippen molar-refractivity contribution in [3.8, 4) is 11.5 Å². The second-order valence-electron chi connectivity index (χ2n) is 5.05. The highest BCUT2D eigenvalue weighted by molar-refractivity contribution is 6.36. The van der Waals surface area contributed by atoms with Gasteiger partial charge in [0.05, 0.1) is 30.6 Å². The van der Waals surface area contributed by atoms with E-state index in [0.29, 0.717) is 32.9 Å². The zero-order valence-electron chi connectivity index (χ0n) is 13.5. The zero-order valence-corrected chi connectivity index (χ0v) is 15.0. The summed E-state index contributed by atoms with van der Waals surface area (Å²) in [5, 5.41) is 6.75. The number of benzene rings is 2. The van der Waals surface area contributed by atoms with Crippen LogP contribution in [0.15, 0.2) is 36.4 Å². The van der Waals surface area contributed by atoms with Crippen molar-refractivity contribution in [1.29, 1.82) is 0 Å². The van der Waals surface area contributed by atoms with Gasteiger partial charge in [-0.2, -0.15) is 0 Å². The molecule has 2 rings (SSSR count). The number of hydrogen-bond acceptors (Lipinski definition) is 4. The number of nitrogens with one attached hydrogen (secondary N) is 2. The Labute approximate surface area is 150 Å². The van der Waals surface area contributed by atoms with Crippen LogP contribution in [0.25, 0.3) is 0 Å². The first kappa shape index (κ1) is 18.2. The predicted octanol–water partition coefficient (Wildman–Crippen LogP) is 4.45. The molecular formula is C17H18Cl2N2O3. The van der Waals surface area contributed by atoms with E-state index in [2.05, 4.69) is 10.6 Å². The Kier molecular flexibility index (Phi) is 6.17. The minimum absolute atomic E-state index is 0.239. The van der Waals surface area contributed by atoms with Crippen molar-refractivity contribution in [2.24, 2.45) is 0 Å². The molecule has 0 bridgehead atoms. The smallest absolute Gasteiger partial charge is 0.246 e. The molecule has 7 heteroatoms. The first-order chi connectivity index (χ1) is 11.4. The van der Waals surface area contributed by atoms with Crippen molar-refractivity contribution in [1.82, 2.24) is 0 Å². The van der Waals surface area contributed by atoms with Crippen LogP contribution in [-0.2, 0) is 4.79 Å². The third kappa shape index (κ3) is 4.46. The molecule has 2 aromatic rings. The molecule has 0 spiro atoms. The quantitative estimate of drug-likeness (QED) is 0.790. The summed E-state index contributed by atoms with van der Waals surface area (Å²) in [7, 11) is 3.13. The summed E-state index contributed by atoms with van der Waals surface area (Å²) in [6.45, 7) is 1.74. The fourth-order valence-electron chi connectivity index (χ4n) is 2.05. The standard InChI is InChI=1S/C17H18Cl2N2O3/c1-10(17(22)21-14-6-4-11(18)8-13(14)19)20-15-7-5-12(23-2)9-16(15)24-3/h4-10,20H,1-3H3,(H,21,22)/t10-/m0/s1. The van der Waals surface area contributed by atoms with Crippen LogP contribution >= 0.6 is 23.2 Å². The van der Waals surface area contributed by atoms with E-state index in [1.54, 1.807) is 57.5 Å². The topological polar surface area (TPSA) is 59.6 Å². The third-order valence-corrected chi connectivity index (χ3v) is 3.91. The molecule has 0 aliphatic carbocycles. The number of rotatable bonds is 6. The van der Waals surface area contributed by atoms with Crippen LogP contribution in [0, 0.1) is 0 Å². The zero-order chi connectivity index (χ0) is 17.7. The van der Waals surface area contributed by atoms with Gasteiger partial charge >= 0.3 is 0 Å². The van der Waals surface area contributed by atoms with Crippen molar-refractivity contribution < 1.29 is 14.3 Å². The number of carbonyl (C=O) groups excluding carboxylic acids is 1. The van der Waals surface area contributed by atoms with Crippen molar-refractivity contribution in [2.75, 3.05) is 24.9 Å². The summed E-state index contributed by atoms with van der Waals surface area (Å²) < 4.78 is 10.5. The van der Waals surface area contributed by atoms with Gasteiger partial charge in [-0.25, -0.2) is 0 Å². The van der Waals surface area contributed by atoms with Gasteiger partial charge in [-0.1, -0.05) is 23.2 Å². The molecule has 1 atom stereocenters. The Morgan fingerprint density at radius 3 is 2.38 bits per heavy atom. The van der Waals surface area contributed by atoms with E-state index >= 15 is 0 Å². The van der Waals surface area contributed by atoms with Gasteiger partial charge in [0.15, 0.2) is 0 Å². The number of carbonyl (C=O) groups is 1. The number of halogens is 2. The fourth-order valence-corrected chi connectivity index (χ4v) is 2.50. The van der Waals surface area contributed by atoms with Crippen molar-refractivity contribution >= 4 is 40.5 Å². The Morgan fingerprint density at radius 2 is 1.75 bits per heavy atom. The summed E-state index contributed by atoms with van der Waals surface area (Å²) in [4.78, 5) is 12.3. The molecule has 0 saturated carbocycles. The number of methoxy groups -OCH3 is 2. The molecule has 0 radical (unpaired) electrons. The summed E-state index contributed by atoms with van der Waals surface area (Å²) in [5.74, 6) is 1.01. The number of anilines is 2. The second-order valence-corrected chi connectivity index (χ2v) is 5.89. The summed E-state index contributed by atoms with van der Waals surface area (Å²) in [6.07, 6.45) is 0. The lowest BCUT2D eigenvalue weighted by Crippen LogP contribution is -2.32. The molecule has 2 N–H and O–H groups in total. The Hall–Kier alpha value is -2.11. The Balaban J connectivity index is 2.08. The molecule has 2 aromatic carbocycles. The highest BCUT2D eigenvalue weighted by atomic mass is 35.5. The molecule has 24 heavy (non-hydrogen) atoms. The molecule has 0 saturated heterocycles. The maximum absolute atomic E-state index is 12.3. The van der Waals surface area contributed by atoms with Crippen LogP contribution in [0.1, 0.15) is 6.92 Å². The lowest BCUT2D eigenvalue weighted by atomic mass is 10.2. The molecule has 0 aromatic heterocycles. The van der Waals surface area contributed by atoms with Gasteiger partial charge in [0.2, 0.25) is 5.91 Å². The van der Waals surface area contributed by atoms with E-state index in [4.69, 9.17) is 32.7 Å².